The van der Waals surface area contributed by atoms with Crippen molar-refractivity contribution >= 4 is 16.7 Å². The number of ether oxygens (including phenoxy) is 2. The third-order valence-electron chi connectivity index (χ3n) is 3.81. The molecule has 0 bridgehead atoms. The van der Waals surface area contributed by atoms with Crippen LogP contribution in [0.3, 0.4) is 0 Å². The molecule has 2 N–H and O–H groups in total. The smallest absolute Gasteiger partial charge is 0.163 e. The lowest BCUT2D eigenvalue weighted by Crippen LogP contribution is -2.15. The summed E-state index contributed by atoms with van der Waals surface area (Å²) in [5.74, 6) is 2.10. The maximum Gasteiger partial charge on any atom is 0.163 e. The van der Waals surface area contributed by atoms with Gasteiger partial charge in [-0.25, -0.2) is 4.98 Å². The number of nitrogen functional groups attached to an aromatic ring is 1. The first-order chi connectivity index (χ1) is 11.3. The number of imidazole rings is 1. The van der Waals surface area contributed by atoms with Crippen LogP contribution in [-0.2, 0) is 6.54 Å². The Bertz CT molecular complexity index is 922. The summed E-state index contributed by atoms with van der Waals surface area (Å²) in [4.78, 5) is 4.67. The largest absolute Gasteiger partial charge is 0.486 e. The van der Waals surface area contributed by atoms with Crippen LogP contribution in [0.15, 0.2) is 36.4 Å². The van der Waals surface area contributed by atoms with Crippen molar-refractivity contribution < 1.29 is 9.47 Å². The van der Waals surface area contributed by atoms with Crippen LogP contribution in [0.5, 0.6) is 11.5 Å². The predicted octanol–water partition coefficient (Wildman–Crippen LogP) is 2.58. The minimum absolute atomic E-state index is 0.204. The number of rotatable bonds is 2. The molecule has 1 aromatic heterocycles. The van der Waals surface area contributed by atoms with Crippen molar-refractivity contribution in [1.82, 2.24) is 9.55 Å². The summed E-state index contributed by atoms with van der Waals surface area (Å²) in [7, 11) is 0. The molecule has 0 amide bonds. The fourth-order valence-corrected chi connectivity index (χ4v) is 2.74. The van der Waals surface area contributed by atoms with Gasteiger partial charge in [-0.15, -0.1) is 0 Å². The number of fused-ring (bicyclic) bond motifs is 2. The predicted molar refractivity (Wildman–Crippen MR) is 86.2 cm³/mol. The minimum atomic E-state index is 0.204. The van der Waals surface area contributed by atoms with Gasteiger partial charge in [0.25, 0.3) is 0 Å². The van der Waals surface area contributed by atoms with E-state index in [9.17, 15) is 5.26 Å². The zero-order valence-electron chi connectivity index (χ0n) is 12.3. The van der Waals surface area contributed by atoms with Crippen LogP contribution in [0.25, 0.3) is 22.4 Å². The van der Waals surface area contributed by atoms with E-state index in [1.165, 1.54) is 0 Å². The zero-order chi connectivity index (χ0) is 15.8. The molecule has 0 spiro atoms. The van der Waals surface area contributed by atoms with Crippen LogP contribution >= 0.6 is 0 Å². The average Bonchev–Trinajstić information content (AvgIpc) is 2.92. The van der Waals surface area contributed by atoms with Gasteiger partial charge in [-0.1, -0.05) is 0 Å². The number of aromatic nitrogens is 2. The number of hydrogen-bond acceptors (Lipinski definition) is 5. The Hall–Kier alpha value is -3.20. The Kier molecular flexibility index (Phi) is 3.05. The SMILES string of the molecule is N#CCn1c(-c2ccc(N)cc2)nc2cc3c(cc21)OCCO3. The minimum Gasteiger partial charge on any atom is -0.486 e. The molecule has 3 aromatic rings. The van der Waals surface area contributed by atoms with Crippen molar-refractivity contribution in [3.63, 3.8) is 0 Å². The Morgan fingerprint density at radius 2 is 1.83 bits per heavy atom. The first-order valence-electron chi connectivity index (χ1n) is 7.29. The number of anilines is 1. The van der Waals surface area contributed by atoms with Crippen LogP contribution in [0.2, 0.25) is 0 Å². The lowest BCUT2D eigenvalue weighted by atomic mass is 10.2. The van der Waals surface area contributed by atoms with Gasteiger partial charge in [-0.2, -0.15) is 5.26 Å². The van der Waals surface area contributed by atoms with Crippen LogP contribution in [-0.4, -0.2) is 22.8 Å². The summed E-state index contributed by atoms with van der Waals surface area (Å²) in [6.45, 7) is 1.26. The van der Waals surface area contributed by atoms with E-state index < -0.39 is 0 Å². The molecule has 2 heterocycles. The van der Waals surface area contributed by atoms with Crippen molar-refractivity contribution in [3.8, 4) is 29.0 Å². The normalized spacial score (nSPS) is 13.0. The molecular formula is C17H14N4O2. The molecular weight excluding hydrogens is 292 g/mol. The molecule has 0 fully saturated rings. The van der Waals surface area contributed by atoms with Crippen LogP contribution in [0.4, 0.5) is 5.69 Å². The molecule has 4 rings (SSSR count). The van der Waals surface area contributed by atoms with Gasteiger partial charge in [-0.05, 0) is 24.3 Å². The molecule has 6 heteroatoms. The molecule has 0 radical (unpaired) electrons. The summed E-state index contributed by atoms with van der Waals surface area (Å²) in [5.41, 5.74) is 8.97. The van der Waals surface area contributed by atoms with Gasteiger partial charge in [0.2, 0.25) is 0 Å². The molecule has 114 valence electrons. The quantitative estimate of drug-likeness (QED) is 0.735. The first kappa shape index (κ1) is 13.5. The number of hydrogen-bond donors (Lipinski definition) is 1. The van der Waals surface area contributed by atoms with E-state index in [0.717, 1.165) is 22.4 Å². The van der Waals surface area contributed by atoms with Gasteiger partial charge in [0.05, 0.1) is 17.1 Å². The summed E-state index contributed by atoms with van der Waals surface area (Å²) in [6, 6.07) is 13.4. The van der Waals surface area contributed by atoms with Crippen LogP contribution in [0.1, 0.15) is 0 Å². The van der Waals surface area contributed by atoms with Gasteiger partial charge in [-0.3, -0.25) is 0 Å². The lowest BCUT2D eigenvalue weighted by Gasteiger charge is -2.18. The first-order valence-corrected chi connectivity index (χ1v) is 7.29. The zero-order valence-corrected chi connectivity index (χ0v) is 12.3. The number of nitriles is 1. The highest BCUT2D eigenvalue weighted by Gasteiger charge is 2.18. The fourth-order valence-electron chi connectivity index (χ4n) is 2.74. The van der Waals surface area contributed by atoms with E-state index in [-0.39, 0.29) is 6.54 Å². The van der Waals surface area contributed by atoms with Crippen molar-refractivity contribution in [2.45, 2.75) is 6.54 Å². The molecule has 6 nitrogen and oxygen atoms in total. The second kappa shape index (κ2) is 5.21. The van der Waals surface area contributed by atoms with Crippen LogP contribution < -0.4 is 15.2 Å². The molecule has 0 saturated carbocycles. The lowest BCUT2D eigenvalue weighted by molar-refractivity contribution is 0.172. The van der Waals surface area contributed by atoms with E-state index in [1.807, 2.05) is 41.0 Å². The summed E-state index contributed by atoms with van der Waals surface area (Å²) in [5, 5.41) is 9.18. The summed E-state index contributed by atoms with van der Waals surface area (Å²) in [6.07, 6.45) is 0. The van der Waals surface area contributed by atoms with E-state index >= 15 is 0 Å². The fraction of sp³-hybridized carbons (Fsp3) is 0.176. The third kappa shape index (κ3) is 2.23. The molecule has 0 atom stereocenters. The van der Waals surface area contributed by atoms with Gasteiger partial charge < -0.3 is 19.8 Å². The third-order valence-corrected chi connectivity index (χ3v) is 3.81. The number of benzene rings is 2. The Morgan fingerprint density at radius 3 is 2.52 bits per heavy atom. The molecule has 0 aliphatic carbocycles. The molecule has 2 aromatic carbocycles. The number of nitrogens with two attached hydrogens (primary N) is 1. The van der Waals surface area contributed by atoms with Crippen molar-refractivity contribution in [3.05, 3.63) is 36.4 Å². The van der Waals surface area contributed by atoms with Gasteiger partial charge in [0.15, 0.2) is 11.5 Å². The van der Waals surface area contributed by atoms with Crippen molar-refractivity contribution in [2.75, 3.05) is 18.9 Å². The van der Waals surface area contributed by atoms with Gasteiger partial charge >= 0.3 is 0 Å². The highest BCUT2D eigenvalue weighted by atomic mass is 16.6. The standard InChI is InChI=1S/C17H14N4O2/c18-5-6-21-14-10-16-15(22-7-8-23-16)9-13(14)20-17(21)11-1-3-12(19)4-2-11/h1-4,9-10H,6-8,19H2. The van der Waals surface area contributed by atoms with E-state index in [4.69, 9.17) is 15.2 Å². The Labute approximate surface area is 132 Å². The van der Waals surface area contributed by atoms with E-state index in [1.54, 1.807) is 0 Å². The van der Waals surface area contributed by atoms with E-state index in [0.29, 0.717) is 30.4 Å². The summed E-state index contributed by atoms with van der Waals surface area (Å²) < 4.78 is 13.1. The topological polar surface area (TPSA) is 86.1 Å². The molecule has 1 aliphatic heterocycles. The second-order valence-corrected chi connectivity index (χ2v) is 5.29. The van der Waals surface area contributed by atoms with Gasteiger partial charge in [0, 0.05) is 23.4 Å². The maximum absolute atomic E-state index is 9.18. The molecule has 1 aliphatic rings. The molecule has 0 saturated heterocycles. The summed E-state index contributed by atoms with van der Waals surface area (Å²) >= 11 is 0. The Morgan fingerprint density at radius 1 is 1.13 bits per heavy atom. The highest BCUT2D eigenvalue weighted by molar-refractivity contribution is 5.84. The van der Waals surface area contributed by atoms with Crippen molar-refractivity contribution in [2.24, 2.45) is 0 Å². The monoisotopic (exact) mass is 306 g/mol. The van der Waals surface area contributed by atoms with Gasteiger partial charge in [0.1, 0.15) is 25.6 Å². The van der Waals surface area contributed by atoms with Crippen LogP contribution in [0, 0.1) is 11.3 Å². The van der Waals surface area contributed by atoms with Crippen molar-refractivity contribution in [1.29, 1.82) is 5.26 Å². The Balaban J connectivity index is 1.94. The number of nitrogens with zero attached hydrogens (tertiary/aromatic N) is 3. The molecule has 23 heavy (non-hydrogen) atoms. The second-order valence-electron chi connectivity index (χ2n) is 5.29. The average molecular weight is 306 g/mol. The highest BCUT2D eigenvalue weighted by Crippen LogP contribution is 2.36. The van der Waals surface area contributed by atoms with E-state index in [2.05, 4.69) is 11.1 Å². The maximum atomic E-state index is 9.18. The molecule has 0 unspecified atom stereocenters.